The lowest BCUT2D eigenvalue weighted by Gasteiger charge is -2.66. The monoisotopic (exact) mass is 614 g/mol. The standard InChI is InChI=1S/C36H62O4Si2/c1-32(2,3)41(9,10)39-29-23-30(40-42(11,12)33(4,5)6)35(8)27-20-16-17-21-36(27)31(38-36)22-28(35)34(29,7)25-37-24-26-18-14-13-15-19-26/h13-15,18-19,27-31H,16-17,20-25H2,1-12H3/t27-,28+,29+,30-,31+,34+,35-,36-/m1/s1. The van der Waals surface area contributed by atoms with Gasteiger partial charge in [-0.2, -0.15) is 0 Å². The van der Waals surface area contributed by atoms with Crippen LogP contribution in [0.4, 0.5) is 0 Å². The molecule has 1 aromatic carbocycles. The van der Waals surface area contributed by atoms with Crippen LogP contribution in [0.5, 0.6) is 0 Å². The molecule has 1 spiro atoms. The van der Waals surface area contributed by atoms with Gasteiger partial charge in [0.15, 0.2) is 16.6 Å². The second-order valence-corrected chi connectivity index (χ2v) is 27.5. The molecule has 42 heavy (non-hydrogen) atoms. The summed E-state index contributed by atoms with van der Waals surface area (Å²) in [6.07, 6.45) is 7.80. The lowest BCUT2D eigenvalue weighted by molar-refractivity contribution is -0.215. The van der Waals surface area contributed by atoms with Gasteiger partial charge in [-0.05, 0) is 79.3 Å². The molecule has 4 aliphatic rings. The van der Waals surface area contributed by atoms with E-state index in [1.165, 1.54) is 31.2 Å². The van der Waals surface area contributed by atoms with Gasteiger partial charge >= 0.3 is 0 Å². The lowest BCUT2D eigenvalue weighted by Crippen LogP contribution is -2.69. The summed E-state index contributed by atoms with van der Waals surface area (Å²) in [5, 5.41) is 0.297. The highest BCUT2D eigenvalue weighted by Gasteiger charge is 2.76. The number of hydrogen-bond donors (Lipinski definition) is 0. The summed E-state index contributed by atoms with van der Waals surface area (Å²) in [5.74, 6) is 0.960. The molecule has 6 heteroatoms. The van der Waals surface area contributed by atoms with Crippen LogP contribution in [0.3, 0.4) is 0 Å². The summed E-state index contributed by atoms with van der Waals surface area (Å²) in [5.41, 5.74) is 1.22. The molecular formula is C36H62O4Si2. The van der Waals surface area contributed by atoms with Crippen LogP contribution >= 0.6 is 0 Å². The van der Waals surface area contributed by atoms with E-state index < -0.39 is 16.6 Å². The van der Waals surface area contributed by atoms with Crippen molar-refractivity contribution in [2.45, 2.75) is 161 Å². The summed E-state index contributed by atoms with van der Waals surface area (Å²) >= 11 is 0. The average molecular weight is 615 g/mol. The van der Waals surface area contributed by atoms with E-state index in [9.17, 15) is 0 Å². The summed E-state index contributed by atoms with van der Waals surface area (Å²) in [7, 11) is -4.10. The molecule has 5 rings (SSSR count). The predicted molar refractivity (Wildman–Crippen MR) is 179 cm³/mol. The third-order valence-corrected chi connectivity index (χ3v) is 22.3. The van der Waals surface area contributed by atoms with Gasteiger partial charge in [0.05, 0.1) is 37.1 Å². The molecule has 1 aromatic rings. The third-order valence-electron chi connectivity index (χ3n) is 13.4. The topological polar surface area (TPSA) is 40.2 Å². The minimum absolute atomic E-state index is 0.0289. The van der Waals surface area contributed by atoms with Crippen molar-refractivity contribution < 1.29 is 18.3 Å². The van der Waals surface area contributed by atoms with Crippen LogP contribution in [0.15, 0.2) is 30.3 Å². The van der Waals surface area contributed by atoms with Crippen molar-refractivity contribution in [3.63, 3.8) is 0 Å². The fraction of sp³-hybridized carbons (Fsp3) is 0.833. The number of ether oxygens (including phenoxy) is 2. The molecule has 0 bridgehead atoms. The van der Waals surface area contributed by atoms with E-state index in [1.807, 2.05) is 0 Å². The van der Waals surface area contributed by atoms with Crippen molar-refractivity contribution in [1.82, 2.24) is 0 Å². The van der Waals surface area contributed by atoms with Crippen LogP contribution in [0, 0.1) is 22.7 Å². The summed E-state index contributed by atoms with van der Waals surface area (Å²) in [6.45, 7) is 30.5. The molecule has 1 heterocycles. The van der Waals surface area contributed by atoms with Crippen molar-refractivity contribution in [2.24, 2.45) is 22.7 Å². The van der Waals surface area contributed by atoms with Crippen LogP contribution in [0.2, 0.25) is 36.3 Å². The Hall–Kier alpha value is -0.506. The van der Waals surface area contributed by atoms with E-state index in [4.69, 9.17) is 18.3 Å². The molecule has 0 amide bonds. The van der Waals surface area contributed by atoms with Crippen molar-refractivity contribution >= 4 is 16.6 Å². The van der Waals surface area contributed by atoms with E-state index >= 15 is 0 Å². The lowest BCUT2D eigenvalue weighted by atomic mass is 9.43. The van der Waals surface area contributed by atoms with Gasteiger partial charge in [-0.1, -0.05) is 98.6 Å². The Bertz CT molecular complexity index is 1110. The second-order valence-electron chi connectivity index (χ2n) is 18.0. The van der Waals surface area contributed by atoms with Gasteiger partial charge in [-0.3, -0.25) is 0 Å². The Labute approximate surface area is 260 Å². The summed E-state index contributed by atoms with van der Waals surface area (Å²) in [4.78, 5) is 0. The van der Waals surface area contributed by atoms with E-state index in [-0.39, 0.29) is 38.7 Å². The average Bonchev–Trinajstić information content (AvgIpc) is 3.57. The van der Waals surface area contributed by atoms with Crippen LogP contribution in [-0.4, -0.2) is 47.2 Å². The van der Waals surface area contributed by atoms with Crippen molar-refractivity contribution in [3.8, 4) is 0 Å². The fourth-order valence-electron chi connectivity index (χ4n) is 8.67. The van der Waals surface area contributed by atoms with Gasteiger partial charge in [-0.15, -0.1) is 0 Å². The van der Waals surface area contributed by atoms with Crippen LogP contribution in [0.25, 0.3) is 0 Å². The molecule has 4 nitrogen and oxygen atoms in total. The van der Waals surface area contributed by atoms with Gasteiger partial charge in [-0.25, -0.2) is 0 Å². The van der Waals surface area contributed by atoms with Crippen LogP contribution < -0.4 is 0 Å². The number of hydrogen-bond acceptors (Lipinski definition) is 4. The third kappa shape index (κ3) is 5.46. The number of rotatable bonds is 8. The molecule has 8 atom stereocenters. The van der Waals surface area contributed by atoms with Gasteiger partial charge in [0, 0.05) is 10.8 Å². The molecule has 0 N–H and O–H groups in total. The molecule has 0 aromatic heterocycles. The fourth-order valence-corrected chi connectivity index (χ4v) is 11.5. The highest BCUT2D eigenvalue weighted by atomic mass is 28.4. The summed E-state index contributed by atoms with van der Waals surface area (Å²) in [6, 6.07) is 10.7. The van der Waals surface area contributed by atoms with E-state index in [1.54, 1.807) is 0 Å². The molecule has 3 saturated carbocycles. The van der Waals surface area contributed by atoms with Gasteiger partial charge < -0.3 is 18.3 Å². The Morgan fingerprint density at radius 1 is 0.810 bits per heavy atom. The van der Waals surface area contributed by atoms with Crippen LogP contribution in [0.1, 0.15) is 99.5 Å². The number of benzene rings is 1. The zero-order chi connectivity index (χ0) is 31.0. The molecule has 1 aliphatic heterocycles. The van der Waals surface area contributed by atoms with Gasteiger partial charge in [0.25, 0.3) is 0 Å². The maximum atomic E-state index is 7.60. The molecule has 4 fully saturated rings. The Morgan fingerprint density at radius 2 is 1.40 bits per heavy atom. The molecule has 238 valence electrons. The normalized spacial score (nSPS) is 38.8. The highest BCUT2D eigenvalue weighted by Crippen LogP contribution is 2.72. The first kappa shape index (κ1) is 32.9. The maximum absolute atomic E-state index is 7.60. The minimum atomic E-state index is -2.06. The smallest absolute Gasteiger partial charge is 0.192 e. The van der Waals surface area contributed by atoms with Gasteiger partial charge in [0.1, 0.15) is 0 Å². The maximum Gasteiger partial charge on any atom is 0.192 e. The zero-order valence-corrected chi connectivity index (χ0v) is 31.1. The van der Waals surface area contributed by atoms with Gasteiger partial charge in [0.2, 0.25) is 0 Å². The molecular weight excluding hydrogens is 553 g/mol. The SMILES string of the molecule is CC(C)(C)[Si](C)(C)O[C@H]1C[C@@H](O[Si](C)(C)C(C)(C)C)[C@@]2(C)[C@@H](C[C@@H]3O[C@@]34CCCC[C@@H]42)[C@]1(C)COCc1ccccc1. The number of fused-ring (bicyclic) bond motifs is 2. The molecule has 0 unspecified atom stereocenters. The first-order chi connectivity index (χ1) is 19.3. The Morgan fingerprint density at radius 3 is 2.00 bits per heavy atom. The second kappa shape index (κ2) is 10.8. The van der Waals surface area contributed by atoms with Crippen molar-refractivity contribution in [3.05, 3.63) is 35.9 Å². The van der Waals surface area contributed by atoms with E-state index in [0.29, 0.717) is 31.2 Å². The molecule has 3 aliphatic carbocycles. The van der Waals surface area contributed by atoms with Crippen molar-refractivity contribution in [2.75, 3.05) is 6.61 Å². The van der Waals surface area contributed by atoms with Crippen LogP contribution in [-0.2, 0) is 24.9 Å². The molecule has 1 saturated heterocycles. The number of epoxide rings is 1. The largest absolute Gasteiger partial charge is 0.413 e. The van der Waals surface area contributed by atoms with Crippen molar-refractivity contribution in [1.29, 1.82) is 0 Å². The van der Waals surface area contributed by atoms with E-state index in [2.05, 4.69) is 112 Å². The predicted octanol–water partition coefficient (Wildman–Crippen LogP) is 9.75. The zero-order valence-electron chi connectivity index (χ0n) is 29.1. The quantitative estimate of drug-likeness (QED) is 0.216. The Kier molecular flexibility index (Phi) is 8.45. The Balaban J connectivity index is 1.57. The first-order valence-electron chi connectivity index (χ1n) is 16.9. The summed E-state index contributed by atoms with van der Waals surface area (Å²) < 4.78 is 28.7. The minimum Gasteiger partial charge on any atom is -0.413 e. The first-order valence-corrected chi connectivity index (χ1v) is 22.7. The van der Waals surface area contributed by atoms with E-state index in [0.717, 1.165) is 12.8 Å². The molecule has 0 radical (unpaired) electrons. The highest BCUT2D eigenvalue weighted by molar-refractivity contribution is 6.74.